The van der Waals surface area contributed by atoms with Gasteiger partial charge in [-0.15, -0.1) is 22.7 Å². The van der Waals surface area contributed by atoms with Crippen LogP contribution in [0.25, 0.3) is 53.8 Å². The van der Waals surface area contributed by atoms with E-state index in [0.29, 0.717) is 17.4 Å². The number of thiophene rings is 2. The second kappa shape index (κ2) is 18.5. The van der Waals surface area contributed by atoms with Crippen molar-refractivity contribution in [3.05, 3.63) is 174 Å². The molecule has 3 aromatic heterocycles. The molecule has 0 spiro atoms. The molecule has 7 nitrogen and oxygen atoms in total. The van der Waals surface area contributed by atoms with E-state index in [2.05, 4.69) is 140 Å². The number of carboxylic acids is 1. The van der Waals surface area contributed by atoms with Gasteiger partial charge in [-0.05, 0) is 143 Å². The van der Waals surface area contributed by atoms with Crippen LogP contribution >= 0.6 is 22.7 Å². The first kappa shape index (κ1) is 42.6. The molecular formula is C54H47N3O4S2. The number of hydrogen-bond acceptors (Lipinski definition) is 7. The van der Waals surface area contributed by atoms with Crippen LogP contribution < -0.4 is 14.4 Å². The second-order valence-corrected chi connectivity index (χ2v) is 17.9. The van der Waals surface area contributed by atoms with Crippen LogP contribution in [0.4, 0.5) is 17.1 Å². The molecule has 5 aromatic carbocycles. The minimum atomic E-state index is -1.24. The lowest BCUT2D eigenvalue weighted by molar-refractivity contribution is -0.132. The first-order valence-electron chi connectivity index (χ1n) is 20.8. The van der Waals surface area contributed by atoms with Gasteiger partial charge in [0.25, 0.3) is 0 Å². The number of carbonyl (C=O) groups is 1. The number of benzene rings is 5. The van der Waals surface area contributed by atoms with E-state index in [1.54, 1.807) is 43.0 Å². The molecule has 0 bridgehead atoms. The van der Waals surface area contributed by atoms with Gasteiger partial charge in [-0.25, -0.2) is 4.79 Å². The molecule has 0 aliphatic carbocycles. The van der Waals surface area contributed by atoms with Crippen LogP contribution in [0.15, 0.2) is 157 Å². The van der Waals surface area contributed by atoms with E-state index < -0.39 is 5.97 Å². The Labute approximate surface area is 377 Å². The Morgan fingerprint density at radius 3 is 1.41 bits per heavy atom. The first-order chi connectivity index (χ1) is 30.6. The van der Waals surface area contributed by atoms with Gasteiger partial charge in [0, 0.05) is 26.8 Å². The molecule has 0 amide bonds. The van der Waals surface area contributed by atoms with Crippen LogP contribution in [-0.4, -0.2) is 29.9 Å². The molecule has 0 atom stereocenters. The lowest BCUT2D eigenvalue weighted by Gasteiger charge is -2.26. The van der Waals surface area contributed by atoms with Gasteiger partial charge in [0.1, 0.15) is 23.1 Å². The summed E-state index contributed by atoms with van der Waals surface area (Å²) < 4.78 is 13.4. The zero-order chi connectivity index (χ0) is 44.2. The fraction of sp³-hybridized carbons (Fsp3) is 0.148. The van der Waals surface area contributed by atoms with Crippen LogP contribution in [0.5, 0.6) is 11.5 Å². The van der Waals surface area contributed by atoms with Crippen molar-refractivity contribution >= 4 is 51.8 Å². The van der Waals surface area contributed by atoms with E-state index in [1.165, 1.54) is 32.6 Å². The lowest BCUT2D eigenvalue weighted by atomic mass is 9.92. The van der Waals surface area contributed by atoms with Crippen molar-refractivity contribution in [2.75, 3.05) is 19.1 Å². The third-order valence-electron chi connectivity index (χ3n) is 11.1. The molecule has 9 heteroatoms. The highest BCUT2D eigenvalue weighted by Gasteiger charge is 2.24. The number of carboxylic acid groups (broad SMARTS) is 1. The van der Waals surface area contributed by atoms with Crippen LogP contribution in [0.1, 0.15) is 56.2 Å². The zero-order valence-electron chi connectivity index (χ0n) is 36.0. The minimum absolute atomic E-state index is 0.295. The zero-order valence-corrected chi connectivity index (χ0v) is 37.6. The Balaban J connectivity index is 1.18. The molecule has 0 unspecified atom stereocenters. The number of nitriles is 1. The number of para-hydroxylation sites is 1. The van der Waals surface area contributed by atoms with Crippen molar-refractivity contribution in [3.8, 4) is 65.3 Å². The average Bonchev–Trinajstić information content (AvgIpc) is 4.10. The van der Waals surface area contributed by atoms with E-state index in [4.69, 9.17) is 9.47 Å². The number of anilines is 3. The number of methoxy groups -OCH3 is 2. The molecule has 8 rings (SSSR count). The Hall–Kier alpha value is -7.12. The molecule has 1 N–H and O–H groups in total. The number of ether oxygens (including phenoxy) is 2. The van der Waals surface area contributed by atoms with Gasteiger partial charge in [0.15, 0.2) is 0 Å². The van der Waals surface area contributed by atoms with Crippen molar-refractivity contribution in [3.63, 3.8) is 0 Å². The van der Waals surface area contributed by atoms with Crippen molar-refractivity contribution in [1.29, 1.82) is 5.26 Å². The molecule has 314 valence electrons. The van der Waals surface area contributed by atoms with Gasteiger partial charge >= 0.3 is 5.97 Å². The number of rotatable bonds is 14. The van der Waals surface area contributed by atoms with Crippen molar-refractivity contribution in [2.24, 2.45) is 0 Å². The highest BCUT2D eigenvalue weighted by atomic mass is 32.1. The highest BCUT2D eigenvalue weighted by molar-refractivity contribution is 7.19. The lowest BCUT2D eigenvalue weighted by Crippen LogP contribution is -2.09. The maximum atomic E-state index is 11.4. The van der Waals surface area contributed by atoms with Crippen molar-refractivity contribution in [2.45, 2.75) is 39.5 Å². The summed E-state index contributed by atoms with van der Waals surface area (Å²) >= 11 is 3.51. The summed E-state index contributed by atoms with van der Waals surface area (Å²) in [5.41, 5.74) is 11.7. The number of aliphatic carboxylic acids is 1. The SMILES string of the molecule is COc1ccc(N(c2ccc(OC)cc2)c2ccc(-c3ccc(-c4ccc(-c5ccc(-c6ccc(/C=C(\C#N)C(=O)O)cc6)s5)n4-c4c(C(C)C)cccc4C(C)C)s3)cc2)cc1. The molecule has 0 fully saturated rings. The van der Waals surface area contributed by atoms with Crippen LogP contribution in [0, 0.1) is 11.3 Å². The van der Waals surface area contributed by atoms with Gasteiger partial charge in [-0.2, -0.15) is 5.26 Å². The Bertz CT molecular complexity index is 2870. The number of nitrogens with zero attached hydrogens (tertiary/aromatic N) is 3. The van der Waals surface area contributed by atoms with E-state index in [-0.39, 0.29) is 5.57 Å². The summed E-state index contributed by atoms with van der Waals surface area (Å²) in [5.74, 6) is 0.959. The third-order valence-corrected chi connectivity index (χ3v) is 13.4. The monoisotopic (exact) mass is 865 g/mol. The van der Waals surface area contributed by atoms with Crippen LogP contribution in [0.2, 0.25) is 0 Å². The Kier molecular flexibility index (Phi) is 12.5. The predicted octanol–water partition coefficient (Wildman–Crippen LogP) is 15.0. The fourth-order valence-electron chi connectivity index (χ4n) is 7.83. The van der Waals surface area contributed by atoms with E-state index in [9.17, 15) is 15.2 Å². The first-order valence-corrected chi connectivity index (χ1v) is 22.4. The predicted molar refractivity (Wildman–Crippen MR) is 260 cm³/mol. The van der Waals surface area contributed by atoms with Gasteiger partial charge in [0.2, 0.25) is 0 Å². The number of hydrogen-bond donors (Lipinski definition) is 1. The smallest absolute Gasteiger partial charge is 0.346 e. The average molecular weight is 866 g/mol. The molecule has 0 aliphatic rings. The highest BCUT2D eigenvalue weighted by Crippen LogP contribution is 2.45. The molecule has 8 aromatic rings. The van der Waals surface area contributed by atoms with E-state index >= 15 is 0 Å². The molecule has 0 radical (unpaired) electrons. The molecule has 3 heterocycles. The fourth-order valence-corrected chi connectivity index (χ4v) is 9.88. The normalized spacial score (nSPS) is 11.5. The summed E-state index contributed by atoms with van der Waals surface area (Å²) in [6.45, 7) is 9.06. The topological polar surface area (TPSA) is 87.7 Å². The molecule has 0 aliphatic heterocycles. The summed E-state index contributed by atoms with van der Waals surface area (Å²) in [6.07, 6.45) is 1.39. The largest absolute Gasteiger partial charge is 0.497 e. The minimum Gasteiger partial charge on any atom is -0.497 e. The van der Waals surface area contributed by atoms with E-state index in [0.717, 1.165) is 60.8 Å². The van der Waals surface area contributed by atoms with Crippen LogP contribution in [-0.2, 0) is 4.79 Å². The Morgan fingerprint density at radius 2 is 1.02 bits per heavy atom. The summed E-state index contributed by atoms with van der Waals surface area (Å²) in [4.78, 5) is 18.2. The molecule has 63 heavy (non-hydrogen) atoms. The quantitative estimate of drug-likeness (QED) is 0.0865. The summed E-state index contributed by atoms with van der Waals surface area (Å²) in [6, 6.07) is 54.4. The van der Waals surface area contributed by atoms with Crippen molar-refractivity contribution in [1.82, 2.24) is 4.57 Å². The number of aromatic nitrogens is 1. The standard InChI is InChI=1S/C54H47N3O4S2/c1-34(2)45-8-7-9-46(35(3)4)53(45)57-47(51-30-28-49(62-51)37-12-10-36(11-13-37)32-39(33-55)54(58)59)26-27-48(57)52-31-29-50(63-52)38-14-16-40(17-15-38)56(41-18-22-43(60-5)23-19-41)42-20-24-44(61-6)25-21-42/h7-32,34-35H,1-6H3,(H,58,59)/b39-32+. The summed E-state index contributed by atoms with van der Waals surface area (Å²) in [7, 11) is 3.36. The molecular weight excluding hydrogens is 819 g/mol. The van der Waals surface area contributed by atoms with Gasteiger partial charge < -0.3 is 24.0 Å². The maximum Gasteiger partial charge on any atom is 0.346 e. The Morgan fingerprint density at radius 1 is 0.603 bits per heavy atom. The van der Waals surface area contributed by atoms with Gasteiger partial charge in [-0.3, -0.25) is 0 Å². The van der Waals surface area contributed by atoms with Gasteiger partial charge in [-0.1, -0.05) is 82.3 Å². The van der Waals surface area contributed by atoms with Crippen LogP contribution in [0.3, 0.4) is 0 Å². The summed E-state index contributed by atoms with van der Waals surface area (Å²) in [5, 5.41) is 18.6. The molecule has 0 saturated heterocycles. The van der Waals surface area contributed by atoms with E-state index in [1.807, 2.05) is 48.5 Å². The molecule has 0 saturated carbocycles. The third kappa shape index (κ3) is 8.82. The maximum absolute atomic E-state index is 11.4. The second-order valence-electron chi connectivity index (χ2n) is 15.7. The van der Waals surface area contributed by atoms with Gasteiger partial charge in [0.05, 0.1) is 41.0 Å². The van der Waals surface area contributed by atoms with Crippen molar-refractivity contribution < 1.29 is 19.4 Å².